The molecule has 2 unspecified atom stereocenters. The summed E-state index contributed by atoms with van der Waals surface area (Å²) in [7, 11) is -2.90. The van der Waals surface area contributed by atoms with Gasteiger partial charge in [-0.05, 0) is 26.7 Å². The first kappa shape index (κ1) is 15.9. The third-order valence-corrected chi connectivity index (χ3v) is 5.12. The lowest BCUT2D eigenvalue weighted by atomic mass is 10.2. The summed E-state index contributed by atoms with van der Waals surface area (Å²) in [6, 6.07) is 0.411. The van der Waals surface area contributed by atoms with Crippen LogP contribution in [0, 0.1) is 0 Å². The molecule has 0 rings (SSSR count). The third-order valence-electron chi connectivity index (χ3n) is 2.87. The van der Waals surface area contributed by atoms with E-state index < -0.39 is 9.84 Å². The summed E-state index contributed by atoms with van der Waals surface area (Å²) < 4.78 is 23.6. The van der Waals surface area contributed by atoms with E-state index in [-0.39, 0.29) is 5.25 Å². The van der Waals surface area contributed by atoms with Gasteiger partial charge in [0.15, 0.2) is 9.84 Å². The van der Waals surface area contributed by atoms with Crippen LogP contribution in [0.15, 0.2) is 0 Å². The SMILES string of the molecule is CCCCS(=O)(=O)C(C)CNC(C)CCC. The second-order valence-electron chi connectivity index (χ2n) is 4.63. The maximum Gasteiger partial charge on any atom is 0.154 e. The number of sulfone groups is 1. The summed E-state index contributed by atoms with van der Waals surface area (Å²) in [6.07, 6.45) is 3.94. The monoisotopic (exact) mass is 249 g/mol. The topological polar surface area (TPSA) is 46.2 Å². The van der Waals surface area contributed by atoms with Gasteiger partial charge < -0.3 is 5.32 Å². The van der Waals surface area contributed by atoms with E-state index >= 15 is 0 Å². The summed E-state index contributed by atoms with van der Waals surface area (Å²) in [6.45, 7) is 8.64. The molecule has 3 nitrogen and oxygen atoms in total. The Kier molecular flexibility index (Phi) is 8.02. The first-order valence-corrected chi connectivity index (χ1v) is 8.10. The largest absolute Gasteiger partial charge is 0.313 e. The molecule has 0 aliphatic heterocycles. The number of hydrogen-bond acceptors (Lipinski definition) is 3. The van der Waals surface area contributed by atoms with Crippen molar-refractivity contribution >= 4 is 9.84 Å². The zero-order chi connectivity index (χ0) is 12.6. The molecular formula is C12H27NO2S. The standard InChI is InChI=1S/C12H27NO2S/c1-5-7-9-16(14,15)12(4)10-13-11(3)8-6-2/h11-13H,5-10H2,1-4H3. The van der Waals surface area contributed by atoms with Crippen molar-refractivity contribution in [1.29, 1.82) is 0 Å². The van der Waals surface area contributed by atoms with Gasteiger partial charge in [-0.1, -0.05) is 26.7 Å². The fourth-order valence-corrected chi connectivity index (χ4v) is 3.02. The zero-order valence-electron chi connectivity index (χ0n) is 11.1. The van der Waals surface area contributed by atoms with Gasteiger partial charge in [-0.15, -0.1) is 0 Å². The van der Waals surface area contributed by atoms with E-state index in [2.05, 4.69) is 19.2 Å². The van der Waals surface area contributed by atoms with Crippen molar-refractivity contribution in [3.05, 3.63) is 0 Å². The second kappa shape index (κ2) is 8.07. The molecule has 98 valence electrons. The van der Waals surface area contributed by atoms with Gasteiger partial charge in [0.2, 0.25) is 0 Å². The van der Waals surface area contributed by atoms with Crippen LogP contribution in [0.4, 0.5) is 0 Å². The van der Waals surface area contributed by atoms with Crippen LogP contribution >= 0.6 is 0 Å². The summed E-state index contributed by atoms with van der Waals surface area (Å²) in [4.78, 5) is 0. The number of unbranched alkanes of at least 4 members (excludes halogenated alkanes) is 1. The quantitative estimate of drug-likeness (QED) is 0.682. The molecule has 0 heterocycles. The number of hydrogen-bond donors (Lipinski definition) is 1. The average molecular weight is 249 g/mol. The van der Waals surface area contributed by atoms with E-state index in [1.807, 2.05) is 6.92 Å². The Morgan fingerprint density at radius 2 is 1.75 bits per heavy atom. The lowest BCUT2D eigenvalue weighted by Gasteiger charge is -2.17. The summed E-state index contributed by atoms with van der Waals surface area (Å²) in [5.74, 6) is 0.328. The minimum Gasteiger partial charge on any atom is -0.313 e. The minimum absolute atomic E-state index is 0.265. The first-order valence-electron chi connectivity index (χ1n) is 6.39. The molecule has 4 heteroatoms. The molecule has 0 aromatic carbocycles. The minimum atomic E-state index is -2.90. The van der Waals surface area contributed by atoms with E-state index in [1.54, 1.807) is 6.92 Å². The second-order valence-corrected chi connectivity index (χ2v) is 7.17. The van der Waals surface area contributed by atoms with E-state index in [9.17, 15) is 8.42 Å². The summed E-state index contributed by atoms with van der Waals surface area (Å²) in [5.41, 5.74) is 0. The molecule has 0 aromatic rings. The molecule has 0 aliphatic carbocycles. The molecule has 2 atom stereocenters. The molecular weight excluding hydrogens is 222 g/mol. The summed E-state index contributed by atoms with van der Waals surface area (Å²) in [5, 5.41) is 3.02. The predicted octanol–water partition coefficient (Wildman–Crippen LogP) is 2.37. The van der Waals surface area contributed by atoms with Crippen molar-refractivity contribution in [2.45, 2.75) is 64.7 Å². The molecule has 0 saturated heterocycles. The van der Waals surface area contributed by atoms with Crippen LogP contribution in [-0.4, -0.2) is 32.0 Å². The summed E-state index contributed by atoms with van der Waals surface area (Å²) >= 11 is 0. The molecule has 0 spiro atoms. The highest BCUT2D eigenvalue weighted by atomic mass is 32.2. The molecule has 0 saturated carbocycles. The number of rotatable bonds is 9. The normalized spacial score (nSPS) is 16.0. The third kappa shape index (κ3) is 6.48. The van der Waals surface area contributed by atoms with Gasteiger partial charge >= 0.3 is 0 Å². The van der Waals surface area contributed by atoms with Crippen LogP contribution < -0.4 is 5.32 Å². The smallest absolute Gasteiger partial charge is 0.154 e. The van der Waals surface area contributed by atoms with Crippen LogP contribution in [0.3, 0.4) is 0 Å². The Hall–Kier alpha value is -0.0900. The van der Waals surface area contributed by atoms with Crippen molar-refractivity contribution in [3.63, 3.8) is 0 Å². The van der Waals surface area contributed by atoms with Gasteiger partial charge in [0, 0.05) is 12.6 Å². The van der Waals surface area contributed by atoms with Gasteiger partial charge in [-0.3, -0.25) is 0 Å². The predicted molar refractivity (Wildman–Crippen MR) is 70.5 cm³/mol. The molecule has 0 radical (unpaired) electrons. The Labute approximate surface area is 101 Å². The lowest BCUT2D eigenvalue weighted by Crippen LogP contribution is -2.37. The molecule has 0 amide bonds. The molecule has 1 N–H and O–H groups in total. The van der Waals surface area contributed by atoms with Crippen LogP contribution in [0.25, 0.3) is 0 Å². The van der Waals surface area contributed by atoms with Gasteiger partial charge in [-0.25, -0.2) is 8.42 Å². The van der Waals surface area contributed by atoms with Crippen molar-refractivity contribution in [3.8, 4) is 0 Å². The van der Waals surface area contributed by atoms with Crippen LogP contribution in [0.5, 0.6) is 0 Å². The van der Waals surface area contributed by atoms with Gasteiger partial charge in [0.05, 0.1) is 11.0 Å². The van der Waals surface area contributed by atoms with E-state index in [1.165, 1.54) is 0 Å². The molecule has 0 fully saturated rings. The van der Waals surface area contributed by atoms with Crippen LogP contribution in [0.2, 0.25) is 0 Å². The van der Waals surface area contributed by atoms with Gasteiger partial charge in [-0.2, -0.15) is 0 Å². The highest BCUT2D eigenvalue weighted by Gasteiger charge is 2.20. The maximum atomic E-state index is 11.8. The average Bonchev–Trinajstić information content (AvgIpc) is 2.23. The Morgan fingerprint density at radius 3 is 2.25 bits per heavy atom. The van der Waals surface area contributed by atoms with Gasteiger partial charge in [0.25, 0.3) is 0 Å². The van der Waals surface area contributed by atoms with Crippen molar-refractivity contribution in [1.82, 2.24) is 5.32 Å². The van der Waals surface area contributed by atoms with E-state index in [0.717, 1.165) is 25.7 Å². The lowest BCUT2D eigenvalue weighted by molar-refractivity contribution is 0.500. The highest BCUT2D eigenvalue weighted by Crippen LogP contribution is 2.05. The number of nitrogens with one attached hydrogen (secondary N) is 1. The van der Waals surface area contributed by atoms with Crippen LogP contribution in [0.1, 0.15) is 53.4 Å². The zero-order valence-corrected chi connectivity index (χ0v) is 11.9. The van der Waals surface area contributed by atoms with Crippen molar-refractivity contribution < 1.29 is 8.42 Å². The molecule has 0 aromatic heterocycles. The van der Waals surface area contributed by atoms with E-state index in [4.69, 9.17) is 0 Å². The van der Waals surface area contributed by atoms with Crippen molar-refractivity contribution in [2.24, 2.45) is 0 Å². The first-order chi connectivity index (χ1) is 7.44. The Bertz CT molecular complexity index is 262. The fraction of sp³-hybridized carbons (Fsp3) is 1.00. The Balaban J connectivity index is 3.99. The van der Waals surface area contributed by atoms with Crippen molar-refractivity contribution in [2.75, 3.05) is 12.3 Å². The van der Waals surface area contributed by atoms with Gasteiger partial charge in [0.1, 0.15) is 0 Å². The maximum absolute atomic E-state index is 11.8. The molecule has 0 bridgehead atoms. The highest BCUT2D eigenvalue weighted by molar-refractivity contribution is 7.92. The molecule has 16 heavy (non-hydrogen) atoms. The Morgan fingerprint density at radius 1 is 1.12 bits per heavy atom. The van der Waals surface area contributed by atoms with Crippen LogP contribution in [-0.2, 0) is 9.84 Å². The van der Waals surface area contributed by atoms with E-state index in [0.29, 0.717) is 18.3 Å². The molecule has 0 aliphatic rings. The fourth-order valence-electron chi connectivity index (χ4n) is 1.58.